The lowest BCUT2D eigenvalue weighted by Crippen LogP contribution is -2.15. The summed E-state index contributed by atoms with van der Waals surface area (Å²) in [4.78, 5) is 11.5. The van der Waals surface area contributed by atoms with Gasteiger partial charge in [0.1, 0.15) is 6.61 Å². The summed E-state index contributed by atoms with van der Waals surface area (Å²) in [5.74, 6) is -0.158. The summed E-state index contributed by atoms with van der Waals surface area (Å²) in [5, 5.41) is 0. The van der Waals surface area contributed by atoms with Crippen molar-refractivity contribution in [1.82, 2.24) is 0 Å². The number of hydrogen-bond acceptors (Lipinski definition) is 13. The van der Waals surface area contributed by atoms with Gasteiger partial charge in [-0.25, -0.2) is 0 Å². The van der Waals surface area contributed by atoms with Crippen LogP contribution in [0.5, 0.6) is 0 Å². The molecule has 0 heterocycles. The maximum Gasteiger partial charge on any atom is 0.305 e. The zero-order chi connectivity index (χ0) is 32.6. The number of esters is 1. The average molecular weight is 657 g/mol. The number of rotatable bonds is 40. The molecule has 0 saturated carbocycles. The van der Waals surface area contributed by atoms with Crippen molar-refractivity contribution in [3.05, 3.63) is 0 Å². The van der Waals surface area contributed by atoms with E-state index in [9.17, 15) is 4.79 Å². The number of carbonyl (C=O) groups excluding carboxylic acids is 1. The molecule has 0 saturated heterocycles. The Morgan fingerprint density at radius 1 is 0.311 bits per heavy atom. The minimum Gasteiger partial charge on any atom is -0.463 e. The lowest BCUT2D eigenvalue weighted by molar-refractivity contribution is -0.145. The van der Waals surface area contributed by atoms with Crippen LogP contribution in [0.25, 0.3) is 0 Å². The van der Waals surface area contributed by atoms with Crippen molar-refractivity contribution in [2.45, 2.75) is 52.4 Å². The topological polar surface area (TPSA) is 128 Å². The van der Waals surface area contributed by atoms with Gasteiger partial charge in [-0.05, 0) is 12.8 Å². The van der Waals surface area contributed by atoms with Crippen LogP contribution in [-0.2, 0) is 61.6 Å². The summed E-state index contributed by atoms with van der Waals surface area (Å²) in [7, 11) is 0. The molecule has 0 radical (unpaired) electrons. The third-order valence-electron chi connectivity index (χ3n) is 5.84. The molecular formula is C32H64O13. The highest BCUT2D eigenvalue weighted by molar-refractivity contribution is 5.69. The normalized spacial score (nSPS) is 11.4. The Morgan fingerprint density at radius 2 is 0.556 bits per heavy atom. The van der Waals surface area contributed by atoms with Gasteiger partial charge in [-0.3, -0.25) is 4.79 Å². The summed E-state index contributed by atoms with van der Waals surface area (Å²) in [6, 6.07) is 0. The first-order valence-corrected chi connectivity index (χ1v) is 16.8. The Balaban J connectivity index is 3.07. The maximum atomic E-state index is 11.5. The minimum absolute atomic E-state index is 0.158. The van der Waals surface area contributed by atoms with E-state index >= 15 is 0 Å². The van der Waals surface area contributed by atoms with E-state index in [0.717, 1.165) is 38.7 Å². The van der Waals surface area contributed by atoms with E-state index < -0.39 is 0 Å². The fraction of sp³-hybridized carbons (Fsp3) is 0.969. The number of ether oxygens (including phenoxy) is 12. The summed E-state index contributed by atoms with van der Waals surface area (Å²) >= 11 is 0. The van der Waals surface area contributed by atoms with E-state index in [0.29, 0.717) is 145 Å². The van der Waals surface area contributed by atoms with Crippen molar-refractivity contribution in [3.63, 3.8) is 0 Å². The van der Waals surface area contributed by atoms with Crippen LogP contribution < -0.4 is 0 Å². The second-order valence-corrected chi connectivity index (χ2v) is 9.77. The van der Waals surface area contributed by atoms with Crippen LogP contribution in [0.2, 0.25) is 0 Å². The van der Waals surface area contributed by atoms with E-state index in [1.165, 1.54) is 0 Å². The van der Waals surface area contributed by atoms with Crippen LogP contribution in [0.3, 0.4) is 0 Å². The van der Waals surface area contributed by atoms with Crippen molar-refractivity contribution in [2.75, 3.05) is 152 Å². The lowest BCUT2D eigenvalue weighted by atomic mass is 10.2. The molecule has 13 heteroatoms. The maximum absolute atomic E-state index is 11.5. The highest BCUT2D eigenvalue weighted by Crippen LogP contribution is 2.00. The number of carbonyl (C=O) groups is 1. The smallest absolute Gasteiger partial charge is 0.305 e. The molecule has 0 N–H and O–H groups in total. The van der Waals surface area contributed by atoms with Gasteiger partial charge in [0, 0.05) is 13.0 Å². The van der Waals surface area contributed by atoms with E-state index in [2.05, 4.69) is 13.8 Å². The van der Waals surface area contributed by atoms with Gasteiger partial charge in [-0.1, -0.05) is 33.1 Å². The molecule has 0 aliphatic rings. The second kappa shape index (κ2) is 41.1. The van der Waals surface area contributed by atoms with E-state index in [4.69, 9.17) is 56.8 Å². The first-order valence-electron chi connectivity index (χ1n) is 16.8. The van der Waals surface area contributed by atoms with Gasteiger partial charge in [0.05, 0.1) is 139 Å². The van der Waals surface area contributed by atoms with E-state index in [-0.39, 0.29) is 12.6 Å². The highest BCUT2D eigenvalue weighted by Gasteiger charge is 2.02. The van der Waals surface area contributed by atoms with Gasteiger partial charge in [0.25, 0.3) is 0 Å². The molecule has 0 aliphatic heterocycles. The van der Waals surface area contributed by atoms with Crippen LogP contribution in [0, 0.1) is 0 Å². The fourth-order valence-electron chi connectivity index (χ4n) is 3.35. The third kappa shape index (κ3) is 41.0. The van der Waals surface area contributed by atoms with Crippen LogP contribution in [0.4, 0.5) is 0 Å². The highest BCUT2D eigenvalue weighted by atomic mass is 16.6. The molecule has 0 rings (SSSR count). The molecule has 0 aromatic carbocycles. The van der Waals surface area contributed by atoms with E-state index in [1.54, 1.807) is 0 Å². The molecule has 13 nitrogen and oxygen atoms in total. The van der Waals surface area contributed by atoms with Crippen molar-refractivity contribution in [3.8, 4) is 0 Å². The molecule has 0 fully saturated rings. The van der Waals surface area contributed by atoms with Gasteiger partial charge in [-0.15, -0.1) is 0 Å². The Kier molecular flexibility index (Phi) is 40.2. The molecule has 0 aliphatic carbocycles. The summed E-state index contributed by atoms with van der Waals surface area (Å²) < 4.78 is 65.0. The molecule has 0 unspecified atom stereocenters. The molecule has 0 bridgehead atoms. The molecule has 0 atom stereocenters. The SMILES string of the molecule is CCCCCC(=O)OCCOCCOCCOCCOCCOCCOCCOCCOCCOCCOCCOCCCC. The molecule has 0 spiro atoms. The quantitative estimate of drug-likeness (QED) is 0.0709. The monoisotopic (exact) mass is 656 g/mol. The zero-order valence-corrected chi connectivity index (χ0v) is 28.3. The lowest BCUT2D eigenvalue weighted by Gasteiger charge is -2.09. The Labute approximate surface area is 272 Å². The first kappa shape index (κ1) is 44.0. The first-order chi connectivity index (χ1) is 22.3. The van der Waals surface area contributed by atoms with Crippen molar-refractivity contribution in [2.24, 2.45) is 0 Å². The van der Waals surface area contributed by atoms with E-state index in [1.807, 2.05) is 0 Å². The summed E-state index contributed by atoms with van der Waals surface area (Å²) in [6.45, 7) is 16.1. The van der Waals surface area contributed by atoms with Crippen molar-refractivity contribution < 1.29 is 61.6 Å². The Bertz CT molecular complexity index is 557. The van der Waals surface area contributed by atoms with Crippen LogP contribution in [-0.4, -0.2) is 158 Å². The Morgan fingerprint density at radius 3 is 0.822 bits per heavy atom. The predicted octanol–water partition coefficient (Wildman–Crippen LogP) is 3.09. The van der Waals surface area contributed by atoms with Crippen LogP contribution in [0.15, 0.2) is 0 Å². The summed E-state index contributed by atoms with van der Waals surface area (Å²) in [5.41, 5.74) is 0. The molecule has 0 aromatic heterocycles. The minimum atomic E-state index is -0.158. The largest absolute Gasteiger partial charge is 0.463 e. The van der Waals surface area contributed by atoms with Gasteiger partial charge in [-0.2, -0.15) is 0 Å². The number of hydrogen-bond donors (Lipinski definition) is 0. The summed E-state index contributed by atoms with van der Waals surface area (Å²) in [6.07, 6.45) is 5.73. The predicted molar refractivity (Wildman–Crippen MR) is 169 cm³/mol. The molecule has 0 amide bonds. The third-order valence-corrected chi connectivity index (χ3v) is 5.84. The molecule has 45 heavy (non-hydrogen) atoms. The molecule has 270 valence electrons. The zero-order valence-electron chi connectivity index (χ0n) is 28.3. The van der Waals surface area contributed by atoms with Crippen LogP contribution >= 0.6 is 0 Å². The average Bonchev–Trinajstić information content (AvgIpc) is 3.04. The molecular weight excluding hydrogens is 592 g/mol. The fourth-order valence-corrected chi connectivity index (χ4v) is 3.35. The Hall–Kier alpha value is -0.970. The standard InChI is InChI=1S/C32H64O13/c1-3-5-7-8-32(33)45-31-30-44-29-28-43-27-26-42-25-24-41-23-22-40-21-20-39-19-18-38-17-16-37-15-14-36-13-12-35-11-10-34-9-6-4-2/h3-31H2,1-2H3. The second-order valence-electron chi connectivity index (χ2n) is 9.77. The molecule has 0 aromatic rings. The van der Waals surface area contributed by atoms with Gasteiger partial charge in [0.15, 0.2) is 0 Å². The van der Waals surface area contributed by atoms with Gasteiger partial charge < -0.3 is 56.8 Å². The van der Waals surface area contributed by atoms with Crippen molar-refractivity contribution >= 4 is 5.97 Å². The van der Waals surface area contributed by atoms with Crippen molar-refractivity contribution in [1.29, 1.82) is 0 Å². The number of unbranched alkanes of at least 4 members (excludes halogenated alkanes) is 3. The van der Waals surface area contributed by atoms with Crippen LogP contribution in [0.1, 0.15) is 52.4 Å². The van der Waals surface area contributed by atoms with Gasteiger partial charge in [0.2, 0.25) is 0 Å². The van der Waals surface area contributed by atoms with Gasteiger partial charge >= 0.3 is 5.97 Å².